The van der Waals surface area contributed by atoms with Crippen molar-refractivity contribution in [3.63, 3.8) is 0 Å². The van der Waals surface area contributed by atoms with Crippen LogP contribution in [0.1, 0.15) is 101 Å². The summed E-state index contributed by atoms with van der Waals surface area (Å²) >= 11 is 1.57. The highest BCUT2D eigenvalue weighted by molar-refractivity contribution is 7.18. The van der Waals surface area contributed by atoms with Crippen LogP contribution in [0.15, 0.2) is 30.3 Å². The third-order valence-electron chi connectivity index (χ3n) is 8.53. The third-order valence-corrected chi connectivity index (χ3v) is 9.86. The Morgan fingerprint density at radius 1 is 1.05 bits per heavy atom. The van der Waals surface area contributed by atoms with Crippen LogP contribution in [-0.2, 0) is 19.9 Å². The van der Waals surface area contributed by atoms with Gasteiger partial charge in [-0.25, -0.2) is 9.78 Å². The first kappa shape index (κ1) is 27.7. The molecule has 7 rings (SSSR count). The van der Waals surface area contributed by atoms with Crippen LogP contribution in [0.3, 0.4) is 0 Å². The molecule has 3 fully saturated rings. The van der Waals surface area contributed by atoms with Gasteiger partial charge in [-0.2, -0.15) is 0 Å². The van der Waals surface area contributed by atoms with Crippen LogP contribution < -0.4 is 16.0 Å². The highest BCUT2D eigenvalue weighted by Crippen LogP contribution is 2.45. The van der Waals surface area contributed by atoms with Gasteiger partial charge in [0.05, 0.1) is 33.0 Å². The second-order valence-corrected chi connectivity index (χ2v) is 13.2. The summed E-state index contributed by atoms with van der Waals surface area (Å²) in [6, 6.07) is 7.35. The average Bonchev–Trinajstić information content (AvgIpc) is 3.38. The molecule has 1 unspecified atom stereocenters. The lowest BCUT2D eigenvalue weighted by atomic mass is 10.00. The Bertz CT molecular complexity index is 1720. The number of hydrogen-bond donors (Lipinski definition) is 3. The number of nitrogens with one attached hydrogen (secondary N) is 3. The molecule has 1 aromatic heterocycles. The van der Waals surface area contributed by atoms with E-state index in [-0.39, 0.29) is 30.1 Å². The lowest BCUT2D eigenvalue weighted by molar-refractivity contribution is -0.136. The summed E-state index contributed by atoms with van der Waals surface area (Å²) in [4.78, 5) is 69.1. The maximum atomic E-state index is 13.2. The van der Waals surface area contributed by atoms with Gasteiger partial charge < -0.3 is 15.4 Å². The van der Waals surface area contributed by atoms with Gasteiger partial charge in [0.15, 0.2) is 0 Å². The van der Waals surface area contributed by atoms with Crippen molar-refractivity contribution < 1.29 is 28.7 Å². The van der Waals surface area contributed by atoms with Crippen LogP contribution >= 0.6 is 11.3 Å². The number of ether oxygens (including phenoxy) is 1. The van der Waals surface area contributed by atoms with E-state index in [4.69, 9.17) is 9.72 Å². The summed E-state index contributed by atoms with van der Waals surface area (Å²) in [6.07, 6.45) is 4.55. The van der Waals surface area contributed by atoms with Crippen LogP contribution in [0.25, 0.3) is 10.2 Å². The Labute approximate surface area is 251 Å². The second-order valence-electron chi connectivity index (χ2n) is 12.2. The fourth-order valence-electron chi connectivity index (χ4n) is 6.11. The Kier molecular flexibility index (Phi) is 6.58. The maximum Gasteiger partial charge on any atom is 0.319 e. The van der Waals surface area contributed by atoms with Gasteiger partial charge in [-0.15, -0.1) is 11.3 Å². The van der Waals surface area contributed by atoms with Crippen LogP contribution in [0.5, 0.6) is 0 Å². The Hall–Kier alpha value is -4.16. The zero-order valence-corrected chi connectivity index (χ0v) is 24.6. The molecule has 2 atom stereocenters. The van der Waals surface area contributed by atoms with Gasteiger partial charge in [-0.3, -0.25) is 29.4 Å². The van der Waals surface area contributed by atoms with Crippen molar-refractivity contribution >= 4 is 56.9 Å². The molecular weight excluding hydrogens is 570 g/mol. The number of imide groups is 2. The summed E-state index contributed by atoms with van der Waals surface area (Å²) < 4.78 is 7.11. The van der Waals surface area contributed by atoms with Gasteiger partial charge in [0, 0.05) is 24.3 Å². The number of anilines is 1. The van der Waals surface area contributed by atoms with Gasteiger partial charge in [0.1, 0.15) is 11.0 Å². The Balaban J connectivity index is 1.09. The molecule has 222 valence electrons. The quantitative estimate of drug-likeness (QED) is 0.353. The van der Waals surface area contributed by atoms with Crippen molar-refractivity contribution in [1.82, 2.24) is 20.5 Å². The zero-order valence-electron chi connectivity index (χ0n) is 23.8. The zero-order chi connectivity index (χ0) is 30.0. The normalized spacial score (nSPS) is 22.2. The maximum absolute atomic E-state index is 13.2. The van der Waals surface area contributed by atoms with Crippen LogP contribution in [0.4, 0.5) is 10.5 Å². The second kappa shape index (κ2) is 10.2. The molecule has 11 nitrogen and oxygen atoms in total. The molecule has 3 aliphatic heterocycles. The van der Waals surface area contributed by atoms with Crippen LogP contribution in [0, 0.1) is 0 Å². The fourth-order valence-corrected chi connectivity index (χ4v) is 7.22. The van der Waals surface area contributed by atoms with Crippen molar-refractivity contribution in [1.29, 1.82) is 0 Å². The molecule has 4 heterocycles. The smallest absolute Gasteiger partial charge is 0.319 e. The topological polar surface area (TPSA) is 147 Å². The lowest BCUT2D eigenvalue weighted by Gasteiger charge is -2.27. The van der Waals surface area contributed by atoms with Crippen molar-refractivity contribution in [2.75, 3.05) is 11.9 Å². The average molecular weight is 602 g/mol. The SMILES string of the molecule is CC(C)(NC(=O)Nc1ccc2c(c1)C(=O)N(C1CCC(=O)NC1=O)C2=O)c1nc2c([C@@H]3CCCO3)cc(C3CC3)cc2s1. The third kappa shape index (κ3) is 4.98. The highest BCUT2D eigenvalue weighted by atomic mass is 32.1. The Morgan fingerprint density at radius 3 is 2.56 bits per heavy atom. The van der Waals surface area contributed by atoms with E-state index in [0.717, 1.165) is 45.1 Å². The highest BCUT2D eigenvalue weighted by Gasteiger charge is 2.44. The summed E-state index contributed by atoms with van der Waals surface area (Å²) in [7, 11) is 0. The predicted octanol–water partition coefficient (Wildman–Crippen LogP) is 4.48. The van der Waals surface area contributed by atoms with E-state index in [1.54, 1.807) is 11.3 Å². The van der Waals surface area contributed by atoms with E-state index in [1.165, 1.54) is 36.6 Å². The van der Waals surface area contributed by atoms with Gasteiger partial charge in [-0.05, 0) is 81.7 Å². The van der Waals surface area contributed by atoms with Crippen molar-refractivity contribution in [2.24, 2.45) is 0 Å². The molecule has 1 aliphatic carbocycles. The molecule has 0 radical (unpaired) electrons. The first-order valence-electron chi connectivity index (χ1n) is 14.6. The molecule has 3 aromatic rings. The number of carbonyl (C=O) groups excluding carboxylic acids is 5. The molecule has 43 heavy (non-hydrogen) atoms. The number of rotatable bonds is 6. The van der Waals surface area contributed by atoms with Crippen molar-refractivity contribution in [3.8, 4) is 0 Å². The predicted molar refractivity (Wildman–Crippen MR) is 158 cm³/mol. The van der Waals surface area contributed by atoms with Gasteiger partial charge in [0.2, 0.25) is 11.8 Å². The number of nitrogens with zero attached hydrogens (tertiary/aromatic N) is 2. The monoisotopic (exact) mass is 601 g/mol. The van der Waals surface area contributed by atoms with Crippen LogP contribution in [-0.4, -0.2) is 52.2 Å². The lowest BCUT2D eigenvalue weighted by Crippen LogP contribution is -2.54. The van der Waals surface area contributed by atoms with E-state index in [2.05, 4.69) is 28.1 Å². The van der Waals surface area contributed by atoms with E-state index in [9.17, 15) is 24.0 Å². The van der Waals surface area contributed by atoms with Crippen LogP contribution in [0.2, 0.25) is 0 Å². The molecule has 2 aromatic carbocycles. The first-order valence-corrected chi connectivity index (χ1v) is 15.4. The van der Waals surface area contributed by atoms with Crippen molar-refractivity contribution in [2.45, 2.75) is 76.0 Å². The minimum absolute atomic E-state index is 0.0378. The summed E-state index contributed by atoms with van der Waals surface area (Å²) in [5.74, 6) is -1.75. The Morgan fingerprint density at radius 2 is 1.84 bits per heavy atom. The summed E-state index contributed by atoms with van der Waals surface area (Å²) in [6.45, 7) is 4.53. The number of carbonyl (C=O) groups is 5. The van der Waals surface area contributed by atoms with E-state index < -0.39 is 41.2 Å². The summed E-state index contributed by atoms with van der Waals surface area (Å²) in [5, 5.41) is 8.71. The number of aromatic nitrogens is 1. The van der Waals surface area contributed by atoms with E-state index in [1.807, 2.05) is 13.8 Å². The molecule has 6 amide bonds. The van der Waals surface area contributed by atoms with Gasteiger partial charge in [0.25, 0.3) is 11.8 Å². The van der Waals surface area contributed by atoms with Gasteiger partial charge in [-0.1, -0.05) is 6.07 Å². The summed E-state index contributed by atoms with van der Waals surface area (Å²) in [5.41, 5.74) is 3.12. The fraction of sp³-hybridized carbons (Fsp3) is 0.419. The van der Waals surface area contributed by atoms with Gasteiger partial charge >= 0.3 is 6.03 Å². The molecule has 2 saturated heterocycles. The number of hydrogen-bond acceptors (Lipinski definition) is 8. The number of amides is 6. The molecule has 1 saturated carbocycles. The molecule has 4 aliphatic rings. The van der Waals surface area contributed by atoms with E-state index in [0.29, 0.717) is 11.6 Å². The first-order chi connectivity index (χ1) is 20.6. The molecule has 0 spiro atoms. The number of urea groups is 1. The number of fused-ring (bicyclic) bond motifs is 2. The molecule has 12 heteroatoms. The number of piperidine rings is 1. The molecule has 3 N–H and O–H groups in total. The minimum atomic E-state index is -1.06. The molecule has 0 bridgehead atoms. The van der Waals surface area contributed by atoms with Crippen molar-refractivity contribution in [3.05, 3.63) is 57.6 Å². The van der Waals surface area contributed by atoms with E-state index >= 15 is 0 Å². The number of thiazole rings is 1. The molecular formula is C31H31N5O6S. The number of benzene rings is 2. The minimum Gasteiger partial charge on any atom is -0.373 e. The largest absolute Gasteiger partial charge is 0.373 e. The standard InChI is InChI=1S/C31H31N5O6S/c1-31(2,29-34-25-20(22-4-3-11-42-22)12-16(15-5-6-15)13-23(25)43-29)35-30(41)32-17-7-8-18-19(14-17)28(40)36(27(18)39)21-9-10-24(37)33-26(21)38/h7-8,12-15,21-22H,3-6,9-11H2,1-2H3,(H2,32,35,41)(H,33,37,38)/t21?,22-/m0/s1.